The number of anilines is 3. The van der Waals surface area contributed by atoms with Gasteiger partial charge < -0.3 is 13.9 Å². The van der Waals surface area contributed by atoms with Gasteiger partial charge in [0, 0.05) is 68.2 Å². The van der Waals surface area contributed by atoms with E-state index in [-0.39, 0.29) is 0 Å². The van der Waals surface area contributed by atoms with Crippen molar-refractivity contribution in [3.05, 3.63) is 188 Å². The van der Waals surface area contributed by atoms with Crippen molar-refractivity contribution in [1.82, 2.24) is 9.55 Å². The van der Waals surface area contributed by atoms with Gasteiger partial charge in [-0.05, 0) is 65.7 Å². The number of furan rings is 1. The van der Waals surface area contributed by atoms with Gasteiger partial charge in [0.2, 0.25) is 0 Å². The van der Waals surface area contributed by atoms with Gasteiger partial charge in [0.25, 0.3) is 0 Å². The second kappa shape index (κ2) is 11.9. The molecule has 0 unspecified atom stereocenters. The highest BCUT2D eigenvalue weighted by molar-refractivity contribution is 6.09. The average Bonchev–Trinajstić information content (AvgIpc) is 3.74. The molecule has 0 spiro atoms. The van der Waals surface area contributed by atoms with Gasteiger partial charge in [-0.3, -0.25) is 4.98 Å². The molecular formula is C47H31N3O. The molecule has 0 saturated heterocycles. The zero-order valence-corrected chi connectivity index (χ0v) is 27.6. The first-order valence-corrected chi connectivity index (χ1v) is 17.2. The van der Waals surface area contributed by atoms with Crippen LogP contribution in [0.3, 0.4) is 0 Å². The first-order chi connectivity index (χ1) is 25.3. The highest BCUT2D eigenvalue weighted by Gasteiger charge is 2.23. The molecule has 0 aliphatic heterocycles. The van der Waals surface area contributed by atoms with Crippen LogP contribution in [0.2, 0.25) is 0 Å². The van der Waals surface area contributed by atoms with Crippen molar-refractivity contribution in [2.45, 2.75) is 0 Å². The number of rotatable bonds is 6. The van der Waals surface area contributed by atoms with E-state index in [1.165, 1.54) is 21.8 Å². The smallest absolute Gasteiger partial charge is 0.138 e. The van der Waals surface area contributed by atoms with Crippen LogP contribution >= 0.6 is 0 Å². The molecule has 0 radical (unpaired) electrons. The maximum atomic E-state index is 6.39. The molecule has 3 heterocycles. The zero-order chi connectivity index (χ0) is 33.7. The normalized spacial score (nSPS) is 11.5. The number of nitrogens with zero attached hydrogens (tertiary/aromatic N) is 3. The van der Waals surface area contributed by atoms with Gasteiger partial charge in [-0.15, -0.1) is 0 Å². The van der Waals surface area contributed by atoms with E-state index in [0.717, 1.165) is 66.9 Å². The minimum Gasteiger partial charge on any atom is -0.456 e. The quantitative estimate of drug-likeness (QED) is 0.179. The van der Waals surface area contributed by atoms with Crippen LogP contribution in [0.25, 0.3) is 71.7 Å². The van der Waals surface area contributed by atoms with Gasteiger partial charge in [0.05, 0.1) is 16.7 Å². The number of benzene rings is 7. The topological polar surface area (TPSA) is 34.2 Å². The van der Waals surface area contributed by atoms with Crippen molar-refractivity contribution in [3.8, 4) is 27.9 Å². The van der Waals surface area contributed by atoms with Crippen LogP contribution in [0.5, 0.6) is 0 Å². The Morgan fingerprint density at radius 2 is 1.08 bits per heavy atom. The van der Waals surface area contributed by atoms with Crippen molar-refractivity contribution < 1.29 is 4.42 Å². The van der Waals surface area contributed by atoms with Crippen LogP contribution in [0.4, 0.5) is 17.1 Å². The first kappa shape index (κ1) is 29.0. The van der Waals surface area contributed by atoms with Gasteiger partial charge >= 0.3 is 0 Å². The van der Waals surface area contributed by atoms with Crippen molar-refractivity contribution in [1.29, 1.82) is 0 Å². The van der Waals surface area contributed by atoms with Gasteiger partial charge in [-0.1, -0.05) is 115 Å². The summed E-state index contributed by atoms with van der Waals surface area (Å²) in [7, 11) is 0. The molecule has 10 aromatic rings. The number of fused-ring (bicyclic) bond motifs is 6. The summed E-state index contributed by atoms with van der Waals surface area (Å²) >= 11 is 0. The molecule has 4 heteroatoms. The Bertz CT molecular complexity index is 2800. The Kier molecular flexibility index (Phi) is 6.78. The van der Waals surface area contributed by atoms with Crippen molar-refractivity contribution in [2.75, 3.05) is 4.90 Å². The largest absolute Gasteiger partial charge is 0.456 e. The molecule has 0 amide bonds. The Hall–Kier alpha value is -6.91. The van der Waals surface area contributed by atoms with E-state index >= 15 is 0 Å². The predicted octanol–water partition coefficient (Wildman–Crippen LogP) is 12.9. The summed E-state index contributed by atoms with van der Waals surface area (Å²) in [6, 6.07) is 62.6. The van der Waals surface area contributed by atoms with Crippen LogP contribution in [0.1, 0.15) is 0 Å². The Morgan fingerprint density at radius 1 is 0.451 bits per heavy atom. The van der Waals surface area contributed by atoms with E-state index in [1.54, 1.807) is 6.20 Å². The van der Waals surface area contributed by atoms with E-state index in [0.29, 0.717) is 0 Å². The molecule has 51 heavy (non-hydrogen) atoms. The third-order valence-electron chi connectivity index (χ3n) is 9.89. The highest BCUT2D eigenvalue weighted by Crippen LogP contribution is 2.47. The van der Waals surface area contributed by atoms with E-state index in [2.05, 4.69) is 184 Å². The molecule has 0 bridgehead atoms. The SMILES string of the molecule is c1ccc(-c2cccc(-c3ccc(-n4c5ccccc5c5ccccc54)cc3)c2N(c2ccccc2)c2ccc3c(c2)oc2ccncc23)cc1. The van der Waals surface area contributed by atoms with E-state index in [1.807, 2.05) is 12.3 Å². The molecule has 10 rings (SSSR count). The molecule has 0 saturated carbocycles. The predicted molar refractivity (Wildman–Crippen MR) is 211 cm³/mol. The van der Waals surface area contributed by atoms with Gasteiger partial charge in [0.15, 0.2) is 0 Å². The second-order valence-electron chi connectivity index (χ2n) is 12.8. The lowest BCUT2D eigenvalue weighted by molar-refractivity contribution is 0.668. The van der Waals surface area contributed by atoms with E-state index in [9.17, 15) is 0 Å². The molecule has 0 atom stereocenters. The summed E-state index contributed by atoms with van der Waals surface area (Å²) in [6.07, 6.45) is 3.65. The molecule has 4 nitrogen and oxygen atoms in total. The Balaban J connectivity index is 1.19. The summed E-state index contributed by atoms with van der Waals surface area (Å²) in [5, 5.41) is 4.57. The number of para-hydroxylation sites is 4. The first-order valence-electron chi connectivity index (χ1n) is 17.2. The van der Waals surface area contributed by atoms with Gasteiger partial charge in [-0.25, -0.2) is 0 Å². The molecule has 0 N–H and O–H groups in total. The fraction of sp³-hybridized carbons (Fsp3) is 0. The van der Waals surface area contributed by atoms with Crippen LogP contribution < -0.4 is 4.90 Å². The molecule has 240 valence electrons. The lowest BCUT2D eigenvalue weighted by Crippen LogP contribution is -2.12. The Morgan fingerprint density at radius 3 is 1.78 bits per heavy atom. The monoisotopic (exact) mass is 653 g/mol. The summed E-state index contributed by atoms with van der Waals surface area (Å²) in [5.74, 6) is 0. The maximum absolute atomic E-state index is 6.39. The summed E-state index contributed by atoms with van der Waals surface area (Å²) in [6.45, 7) is 0. The van der Waals surface area contributed by atoms with Crippen LogP contribution in [-0.2, 0) is 0 Å². The number of pyridine rings is 1. The third-order valence-corrected chi connectivity index (χ3v) is 9.89. The van der Waals surface area contributed by atoms with Gasteiger partial charge in [-0.2, -0.15) is 0 Å². The lowest BCUT2D eigenvalue weighted by Gasteiger charge is -2.30. The average molecular weight is 654 g/mol. The molecule has 3 aromatic heterocycles. The van der Waals surface area contributed by atoms with Crippen LogP contribution in [0.15, 0.2) is 193 Å². The number of hydrogen-bond donors (Lipinski definition) is 0. The maximum Gasteiger partial charge on any atom is 0.138 e. The number of hydrogen-bond acceptors (Lipinski definition) is 3. The van der Waals surface area contributed by atoms with Crippen molar-refractivity contribution >= 4 is 60.8 Å². The summed E-state index contributed by atoms with van der Waals surface area (Å²) < 4.78 is 8.75. The zero-order valence-electron chi connectivity index (χ0n) is 27.6. The second-order valence-corrected chi connectivity index (χ2v) is 12.8. The van der Waals surface area contributed by atoms with E-state index < -0.39 is 0 Å². The minimum atomic E-state index is 0.825. The van der Waals surface area contributed by atoms with Crippen molar-refractivity contribution in [2.24, 2.45) is 0 Å². The summed E-state index contributed by atoms with van der Waals surface area (Å²) in [5.41, 5.74) is 12.9. The molecular weight excluding hydrogens is 623 g/mol. The molecule has 0 fully saturated rings. The fourth-order valence-corrected chi connectivity index (χ4v) is 7.59. The molecule has 0 aliphatic carbocycles. The highest BCUT2D eigenvalue weighted by atomic mass is 16.3. The number of aromatic nitrogens is 2. The fourth-order valence-electron chi connectivity index (χ4n) is 7.59. The third kappa shape index (κ3) is 4.80. The van der Waals surface area contributed by atoms with E-state index in [4.69, 9.17) is 4.42 Å². The van der Waals surface area contributed by atoms with Crippen LogP contribution in [-0.4, -0.2) is 9.55 Å². The van der Waals surface area contributed by atoms with Crippen LogP contribution in [0, 0.1) is 0 Å². The van der Waals surface area contributed by atoms with Crippen molar-refractivity contribution in [3.63, 3.8) is 0 Å². The summed E-state index contributed by atoms with van der Waals surface area (Å²) in [4.78, 5) is 6.72. The molecule has 0 aliphatic rings. The van der Waals surface area contributed by atoms with Gasteiger partial charge in [0.1, 0.15) is 11.2 Å². The lowest BCUT2D eigenvalue weighted by atomic mass is 9.94. The minimum absolute atomic E-state index is 0.825. The Labute approximate surface area is 295 Å². The molecule has 7 aromatic carbocycles. The standard InChI is InChI=1S/C47H31N3O/c1-3-12-32(13-4-1)37-18-11-19-38(33-22-24-35(25-23-33)50-43-20-9-7-16-39(43)40-17-8-10-21-44(40)50)47(37)49(34-14-5-2-6-15-34)36-26-27-41-42-31-48-29-28-45(42)51-46(41)30-36/h1-31H.